The van der Waals surface area contributed by atoms with E-state index < -0.39 is 5.66 Å². The lowest BCUT2D eigenvalue weighted by Crippen LogP contribution is -2.70. The zero-order valence-corrected chi connectivity index (χ0v) is 14.5. The molecule has 0 unspecified atom stereocenters. The number of anilines is 1. The Kier molecular flexibility index (Phi) is 3.76. The fourth-order valence-electron chi connectivity index (χ4n) is 5.16. The van der Waals surface area contributed by atoms with Crippen LogP contribution in [0.5, 0.6) is 0 Å². The second-order valence-corrected chi connectivity index (χ2v) is 7.97. The minimum atomic E-state index is -0.466. The number of hydrogen-bond donors (Lipinski definition) is 4. The molecule has 1 heterocycles. The van der Waals surface area contributed by atoms with Gasteiger partial charge >= 0.3 is 0 Å². The van der Waals surface area contributed by atoms with Crippen LogP contribution in [-0.2, 0) is 4.79 Å². The summed E-state index contributed by atoms with van der Waals surface area (Å²) in [5.41, 5.74) is 0.924. The number of benzene rings is 1. The van der Waals surface area contributed by atoms with Gasteiger partial charge in [-0.15, -0.1) is 0 Å². The molecule has 4 atom stereocenters. The zero-order valence-electron chi connectivity index (χ0n) is 14.5. The van der Waals surface area contributed by atoms with E-state index in [1.165, 1.54) is 0 Å². The zero-order chi connectivity index (χ0) is 17.7. The number of aliphatic hydroxyl groups is 1. The molecule has 0 radical (unpaired) electrons. The van der Waals surface area contributed by atoms with Crippen molar-refractivity contribution in [3.63, 3.8) is 0 Å². The van der Waals surface area contributed by atoms with Crippen LogP contribution in [0.3, 0.4) is 0 Å². The molecule has 25 heavy (non-hydrogen) atoms. The van der Waals surface area contributed by atoms with E-state index in [2.05, 4.69) is 22.9 Å². The van der Waals surface area contributed by atoms with E-state index in [9.17, 15) is 9.59 Å². The highest BCUT2D eigenvalue weighted by atomic mass is 16.3. The van der Waals surface area contributed by atoms with Crippen LogP contribution in [0.15, 0.2) is 24.3 Å². The number of fused-ring (bicyclic) bond motifs is 3. The summed E-state index contributed by atoms with van der Waals surface area (Å²) in [6, 6.07) is 7.59. The summed E-state index contributed by atoms with van der Waals surface area (Å²) in [6.45, 7) is 2.40. The van der Waals surface area contributed by atoms with Gasteiger partial charge in [-0.25, -0.2) is 0 Å². The molecule has 1 aromatic rings. The molecule has 3 fully saturated rings. The normalized spacial score (nSPS) is 35.7. The van der Waals surface area contributed by atoms with Gasteiger partial charge in [0.15, 0.2) is 0 Å². The summed E-state index contributed by atoms with van der Waals surface area (Å²) in [6.07, 6.45) is 3.47. The van der Waals surface area contributed by atoms with Crippen molar-refractivity contribution in [3.8, 4) is 0 Å². The monoisotopic (exact) mass is 343 g/mol. The van der Waals surface area contributed by atoms with Crippen LogP contribution in [0.1, 0.15) is 43.0 Å². The fraction of sp³-hybridized carbons (Fsp3) is 0.579. The molecule has 5 rings (SSSR count). The number of carbonyl (C=O) groups is 2. The Morgan fingerprint density at radius 3 is 2.92 bits per heavy atom. The number of rotatable bonds is 3. The van der Waals surface area contributed by atoms with Crippen molar-refractivity contribution < 1.29 is 14.7 Å². The van der Waals surface area contributed by atoms with Gasteiger partial charge in [-0.3, -0.25) is 9.59 Å². The number of amides is 2. The summed E-state index contributed by atoms with van der Waals surface area (Å²) in [5.74, 6) is 0.140. The molecule has 0 aromatic heterocycles. The minimum Gasteiger partial charge on any atom is -0.395 e. The molecule has 1 aromatic carbocycles. The lowest BCUT2D eigenvalue weighted by atomic mass is 9.51. The van der Waals surface area contributed by atoms with Crippen molar-refractivity contribution in [2.45, 2.75) is 38.3 Å². The molecule has 2 amide bonds. The molecule has 0 saturated heterocycles. The average molecular weight is 343 g/mol. The molecule has 1 aliphatic heterocycles. The molecular formula is C19H25N3O3. The molecule has 1 spiro atoms. The molecule has 6 nitrogen and oxygen atoms in total. The maximum absolute atomic E-state index is 12.6. The maximum atomic E-state index is 12.6. The standard InChI is InChI=1S/C19H25N3O3/c1-18-7-6-12(10-14(18)17(25)20-8-9-23)19(11-18)21-15-5-3-2-4-13(15)16(24)22-19/h2-5,12,14,21,23H,6-11H2,1H3,(H,20,25)(H,22,24)/t12-,14+,18+,19-/m0/s1. The Morgan fingerprint density at radius 2 is 2.16 bits per heavy atom. The predicted molar refractivity (Wildman–Crippen MR) is 93.9 cm³/mol. The average Bonchev–Trinajstić information content (AvgIpc) is 2.59. The first-order chi connectivity index (χ1) is 12.0. The first-order valence-corrected chi connectivity index (χ1v) is 9.06. The molecule has 2 bridgehead atoms. The Hall–Kier alpha value is -2.08. The van der Waals surface area contributed by atoms with Gasteiger partial charge in [-0.1, -0.05) is 19.1 Å². The van der Waals surface area contributed by atoms with Crippen LogP contribution >= 0.6 is 0 Å². The number of para-hydroxylation sites is 1. The third kappa shape index (κ3) is 2.51. The minimum absolute atomic E-state index is 0.0265. The summed E-state index contributed by atoms with van der Waals surface area (Å²) in [4.78, 5) is 25.2. The third-order valence-electron chi connectivity index (χ3n) is 6.40. The van der Waals surface area contributed by atoms with Crippen LogP contribution in [0, 0.1) is 17.3 Å². The molecule has 4 aliphatic rings. The molecular weight excluding hydrogens is 318 g/mol. The Labute approximate surface area is 147 Å². The van der Waals surface area contributed by atoms with Gasteiger partial charge < -0.3 is 21.1 Å². The topological polar surface area (TPSA) is 90.5 Å². The van der Waals surface area contributed by atoms with Crippen LogP contribution < -0.4 is 16.0 Å². The maximum Gasteiger partial charge on any atom is 0.255 e. The lowest BCUT2D eigenvalue weighted by Gasteiger charge is -2.60. The van der Waals surface area contributed by atoms with E-state index in [0.29, 0.717) is 12.1 Å². The van der Waals surface area contributed by atoms with E-state index in [1.807, 2.05) is 24.3 Å². The molecule has 134 valence electrons. The van der Waals surface area contributed by atoms with Gasteiger partial charge in [-0.05, 0) is 43.2 Å². The van der Waals surface area contributed by atoms with E-state index in [4.69, 9.17) is 5.11 Å². The van der Waals surface area contributed by atoms with E-state index >= 15 is 0 Å². The van der Waals surface area contributed by atoms with E-state index in [1.54, 1.807) is 0 Å². The number of aliphatic hydroxyl groups excluding tert-OH is 1. The van der Waals surface area contributed by atoms with E-state index in [-0.39, 0.29) is 35.7 Å². The van der Waals surface area contributed by atoms with Crippen LogP contribution in [0.2, 0.25) is 0 Å². The van der Waals surface area contributed by atoms with E-state index in [0.717, 1.165) is 31.4 Å². The van der Waals surface area contributed by atoms with Gasteiger partial charge in [0.2, 0.25) is 5.91 Å². The first kappa shape index (κ1) is 16.4. The second-order valence-electron chi connectivity index (χ2n) is 7.97. The predicted octanol–water partition coefficient (Wildman–Crippen LogP) is 1.47. The quantitative estimate of drug-likeness (QED) is 0.669. The number of hydrogen-bond acceptors (Lipinski definition) is 4. The van der Waals surface area contributed by atoms with Gasteiger partial charge in [0, 0.05) is 24.1 Å². The third-order valence-corrected chi connectivity index (χ3v) is 6.40. The van der Waals surface area contributed by atoms with Gasteiger partial charge in [0.1, 0.15) is 5.66 Å². The van der Waals surface area contributed by atoms with Crippen LogP contribution in [0.4, 0.5) is 5.69 Å². The van der Waals surface area contributed by atoms with Crippen molar-refractivity contribution in [1.82, 2.24) is 10.6 Å². The van der Waals surface area contributed by atoms with Crippen LogP contribution in [-0.4, -0.2) is 35.7 Å². The molecule has 6 heteroatoms. The summed E-state index contributed by atoms with van der Waals surface area (Å²) in [7, 11) is 0. The van der Waals surface area contributed by atoms with Crippen molar-refractivity contribution >= 4 is 17.5 Å². The highest BCUT2D eigenvalue weighted by Crippen LogP contribution is 2.58. The molecule has 3 aliphatic carbocycles. The largest absolute Gasteiger partial charge is 0.395 e. The second kappa shape index (κ2) is 5.73. The Balaban J connectivity index is 1.62. The van der Waals surface area contributed by atoms with Crippen molar-refractivity contribution in [3.05, 3.63) is 29.8 Å². The summed E-state index contributed by atoms with van der Waals surface area (Å²) in [5, 5.41) is 18.6. The summed E-state index contributed by atoms with van der Waals surface area (Å²) < 4.78 is 0. The van der Waals surface area contributed by atoms with Crippen molar-refractivity contribution in [2.24, 2.45) is 17.3 Å². The van der Waals surface area contributed by atoms with Gasteiger partial charge in [0.25, 0.3) is 5.91 Å². The van der Waals surface area contributed by atoms with Gasteiger partial charge in [-0.2, -0.15) is 0 Å². The van der Waals surface area contributed by atoms with Crippen LogP contribution in [0.25, 0.3) is 0 Å². The fourth-order valence-corrected chi connectivity index (χ4v) is 5.16. The number of carbonyl (C=O) groups excluding carboxylic acids is 2. The van der Waals surface area contributed by atoms with Crippen molar-refractivity contribution in [1.29, 1.82) is 0 Å². The number of nitrogens with one attached hydrogen (secondary N) is 3. The molecule has 4 N–H and O–H groups in total. The summed E-state index contributed by atoms with van der Waals surface area (Å²) >= 11 is 0. The smallest absolute Gasteiger partial charge is 0.255 e. The Bertz CT molecular complexity index is 722. The van der Waals surface area contributed by atoms with Gasteiger partial charge in [0.05, 0.1) is 12.2 Å². The lowest BCUT2D eigenvalue weighted by molar-refractivity contribution is -0.139. The SMILES string of the molecule is C[C@]12CC[C@@H](C[C@@H]1C(=O)NCCO)[C@]1(C2)NC(=O)c2ccccc2N1. The van der Waals surface area contributed by atoms with Crippen molar-refractivity contribution in [2.75, 3.05) is 18.5 Å². The molecule has 3 saturated carbocycles. The Morgan fingerprint density at radius 1 is 1.36 bits per heavy atom. The highest BCUT2D eigenvalue weighted by Gasteiger charge is 2.60. The highest BCUT2D eigenvalue weighted by molar-refractivity contribution is 6.02. The first-order valence-electron chi connectivity index (χ1n) is 9.06.